The third kappa shape index (κ3) is 2.76. The smallest absolute Gasteiger partial charge is 0.237 e. The number of amides is 1. The fourth-order valence-electron chi connectivity index (χ4n) is 2.41. The first-order chi connectivity index (χ1) is 7.34. The first-order valence-electron chi connectivity index (χ1n) is 6.41. The highest BCUT2D eigenvalue weighted by atomic mass is 16.2. The summed E-state index contributed by atoms with van der Waals surface area (Å²) in [6.45, 7) is 12.9. The highest BCUT2D eigenvalue weighted by Crippen LogP contribution is 2.20. The van der Waals surface area contributed by atoms with Crippen molar-refractivity contribution in [2.45, 2.75) is 59.7 Å². The van der Waals surface area contributed by atoms with Crippen LogP contribution in [0.4, 0.5) is 0 Å². The zero-order chi connectivity index (χ0) is 12.5. The standard InChI is InChI=1S/C13H26N2O/c1-7(2)10-11(8(3)4)15-13(16)12(14-10)9(5)6/h7-12,14H,1-6H3,(H,15,16)/t10-,11+,12+/m0/s1. The van der Waals surface area contributed by atoms with Crippen LogP contribution in [0.2, 0.25) is 0 Å². The first kappa shape index (κ1) is 13.5. The molecule has 1 heterocycles. The SMILES string of the molecule is CC(C)[C@H]1NC(=O)[C@@H](C(C)C)N[C@H]1C(C)C. The van der Waals surface area contributed by atoms with Gasteiger partial charge >= 0.3 is 0 Å². The lowest BCUT2D eigenvalue weighted by atomic mass is 9.84. The number of rotatable bonds is 3. The van der Waals surface area contributed by atoms with Gasteiger partial charge in [-0.15, -0.1) is 0 Å². The molecule has 0 aromatic heterocycles. The maximum atomic E-state index is 11.9. The highest BCUT2D eigenvalue weighted by Gasteiger charge is 2.38. The summed E-state index contributed by atoms with van der Waals surface area (Å²) in [4.78, 5) is 11.9. The van der Waals surface area contributed by atoms with Gasteiger partial charge in [-0.2, -0.15) is 0 Å². The first-order valence-corrected chi connectivity index (χ1v) is 6.41. The third-order valence-corrected chi connectivity index (χ3v) is 3.45. The second-order valence-electron chi connectivity index (χ2n) is 5.94. The van der Waals surface area contributed by atoms with Crippen LogP contribution in [0.15, 0.2) is 0 Å². The van der Waals surface area contributed by atoms with Crippen LogP contribution in [-0.4, -0.2) is 24.0 Å². The van der Waals surface area contributed by atoms with Gasteiger partial charge in [0.2, 0.25) is 5.91 Å². The molecule has 0 bridgehead atoms. The molecule has 0 aromatic rings. The normalized spacial score (nSPS) is 31.3. The van der Waals surface area contributed by atoms with Crippen molar-refractivity contribution >= 4 is 5.91 Å². The Kier molecular flexibility index (Phi) is 4.36. The van der Waals surface area contributed by atoms with Gasteiger partial charge in [-0.05, 0) is 17.8 Å². The molecule has 2 N–H and O–H groups in total. The maximum absolute atomic E-state index is 11.9. The second-order valence-corrected chi connectivity index (χ2v) is 5.94. The molecule has 3 atom stereocenters. The van der Waals surface area contributed by atoms with Gasteiger partial charge in [0.1, 0.15) is 0 Å². The molecule has 1 rings (SSSR count). The molecule has 1 saturated heterocycles. The van der Waals surface area contributed by atoms with E-state index in [1.54, 1.807) is 0 Å². The van der Waals surface area contributed by atoms with E-state index in [1.165, 1.54) is 0 Å². The molecule has 16 heavy (non-hydrogen) atoms. The van der Waals surface area contributed by atoms with Gasteiger partial charge in [-0.25, -0.2) is 0 Å². The minimum atomic E-state index is -0.0394. The van der Waals surface area contributed by atoms with Crippen LogP contribution >= 0.6 is 0 Å². The summed E-state index contributed by atoms with van der Waals surface area (Å²) in [5, 5.41) is 6.70. The average Bonchev–Trinajstić information content (AvgIpc) is 2.15. The van der Waals surface area contributed by atoms with Crippen molar-refractivity contribution in [1.29, 1.82) is 0 Å². The summed E-state index contributed by atoms with van der Waals surface area (Å²) in [6, 6.07) is 0.593. The van der Waals surface area contributed by atoms with E-state index in [1.807, 2.05) is 0 Å². The molecule has 1 aliphatic rings. The van der Waals surface area contributed by atoms with E-state index < -0.39 is 0 Å². The van der Waals surface area contributed by atoms with Crippen LogP contribution in [0.1, 0.15) is 41.5 Å². The Morgan fingerprint density at radius 3 is 1.75 bits per heavy atom. The summed E-state index contributed by atoms with van der Waals surface area (Å²) in [5.74, 6) is 1.51. The molecule has 94 valence electrons. The van der Waals surface area contributed by atoms with Crippen molar-refractivity contribution < 1.29 is 4.79 Å². The minimum absolute atomic E-state index is 0.0394. The Balaban J connectivity index is 2.82. The summed E-state index contributed by atoms with van der Waals surface area (Å²) < 4.78 is 0. The Bertz CT molecular complexity index is 248. The number of hydrogen-bond donors (Lipinski definition) is 2. The molecular formula is C13H26N2O. The summed E-state index contributed by atoms with van der Waals surface area (Å²) in [5.41, 5.74) is 0. The molecule has 0 saturated carbocycles. The van der Waals surface area contributed by atoms with Crippen molar-refractivity contribution in [3.05, 3.63) is 0 Å². The lowest BCUT2D eigenvalue weighted by Crippen LogP contribution is -2.68. The summed E-state index contributed by atoms with van der Waals surface area (Å²) in [6.07, 6.45) is 0. The van der Waals surface area contributed by atoms with Gasteiger partial charge in [0.15, 0.2) is 0 Å². The fourth-order valence-corrected chi connectivity index (χ4v) is 2.41. The number of piperazine rings is 1. The molecule has 0 aliphatic carbocycles. The lowest BCUT2D eigenvalue weighted by Gasteiger charge is -2.43. The predicted octanol–water partition coefficient (Wildman–Crippen LogP) is 1.78. The van der Waals surface area contributed by atoms with Gasteiger partial charge in [-0.1, -0.05) is 41.5 Å². The van der Waals surface area contributed by atoms with Crippen LogP contribution in [0, 0.1) is 17.8 Å². The average molecular weight is 226 g/mol. The monoisotopic (exact) mass is 226 g/mol. The summed E-state index contributed by atoms with van der Waals surface area (Å²) in [7, 11) is 0. The maximum Gasteiger partial charge on any atom is 0.237 e. The molecule has 0 aromatic carbocycles. The topological polar surface area (TPSA) is 41.1 Å². The molecule has 0 spiro atoms. The van der Waals surface area contributed by atoms with E-state index >= 15 is 0 Å². The molecule has 1 amide bonds. The number of carbonyl (C=O) groups is 1. The predicted molar refractivity (Wildman–Crippen MR) is 67.2 cm³/mol. The Hall–Kier alpha value is -0.570. The van der Waals surface area contributed by atoms with Crippen molar-refractivity contribution in [2.75, 3.05) is 0 Å². The Morgan fingerprint density at radius 1 is 0.875 bits per heavy atom. The van der Waals surface area contributed by atoms with Gasteiger partial charge in [0.05, 0.1) is 6.04 Å². The minimum Gasteiger partial charge on any atom is -0.350 e. The van der Waals surface area contributed by atoms with Crippen LogP contribution in [-0.2, 0) is 4.79 Å². The molecule has 3 nitrogen and oxygen atoms in total. The van der Waals surface area contributed by atoms with Crippen molar-refractivity contribution in [2.24, 2.45) is 17.8 Å². The zero-order valence-electron chi connectivity index (χ0n) is 11.4. The molecule has 1 aliphatic heterocycles. The Morgan fingerprint density at radius 2 is 1.38 bits per heavy atom. The quantitative estimate of drug-likeness (QED) is 0.770. The van der Waals surface area contributed by atoms with Gasteiger partial charge in [0.25, 0.3) is 0 Å². The highest BCUT2D eigenvalue weighted by molar-refractivity contribution is 5.83. The van der Waals surface area contributed by atoms with Gasteiger partial charge in [-0.3, -0.25) is 4.79 Å². The zero-order valence-corrected chi connectivity index (χ0v) is 11.4. The lowest BCUT2D eigenvalue weighted by molar-refractivity contribution is -0.128. The van der Waals surface area contributed by atoms with Crippen LogP contribution in [0.3, 0.4) is 0 Å². The van der Waals surface area contributed by atoms with E-state index in [0.717, 1.165) is 0 Å². The van der Waals surface area contributed by atoms with E-state index in [9.17, 15) is 4.79 Å². The van der Waals surface area contributed by atoms with Crippen molar-refractivity contribution in [3.63, 3.8) is 0 Å². The van der Waals surface area contributed by atoms with Crippen molar-refractivity contribution in [3.8, 4) is 0 Å². The largest absolute Gasteiger partial charge is 0.350 e. The van der Waals surface area contributed by atoms with Crippen LogP contribution in [0.5, 0.6) is 0 Å². The number of hydrogen-bond acceptors (Lipinski definition) is 2. The Labute approximate surface area is 99.4 Å². The van der Waals surface area contributed by atoms with E-state index in [0.29, 0.717) is 23.8 Å². The molecule has 3 heteroatoms. The number of nitrogens with one attached hydrogen (secondary N) is 2. The van der Waals surface area contributed by atoms with E-state index in [-0.39, 0.29) is 18.0 Å². The number of carbonyl (C=O) groups excluding carboxylic acids is 1. The summed E-state index contributed by atoms with van der Waals surface area (Å²) >= 11 is 0. The molecular weight excluding hydrogens is 200 g/mol. The van der Waals surface area contributed by atoms with E-state index in [2.05, 4.69) is 52.2 Å². The fraction of sp³-hybridized carbons (Fsp3) is 0.923. The van der Waals surface area contributed by atoms with Gasteiger partial charge < -0.3 is 10.6 Å². The van der Waals surface area contributed by atoms with Crippen LogP contribution in [0.25, 0.3) is 0 Å². The molecule has 0 unspecified atom stereocenters. The van der Waals surface area contributed by atoms with Crippen LogP contribution < -0.4 is 10.6 Å². The molecule has 1 fully saturated rings. The second kappa shape index (κ2) is 5.17. The third-order valence-electron chi connectivity index (χ3n) is 3.45. The van der Waals surface area contributed by atoms with Crippen molar-refractivity contribution in [1.82, 2.24) is 10.6 Å². The van der Waals surface area contributed by atoms with E-state index in [4.69, 9.17) is 0 Å². The molecule has 0 radical (unpaired) electrons. The van der Waals surface area contributed by atoms with Gasteiger partial charge in [0, 0.05) is 12.1 Å².